The Kier molecular flexibility index (Phi) is 3.81. The number of nitrogens with one attached hydrogen (secondary N) is 1. The second-order valence-electron chi connectivity index (χ2n) is 3.50. The summed E-state index contributed by atoms with van der Waals surface area (Å²) in [5.74, 6) is -0.146. The van der Waals surface area contributed by atoms with E-state index in [1.807, 2.05) is 17.5 Å². The number of carbonyl (C=O) groups is 1. The summed E-state index contributed by atoms with van der Waals surface area (Å²) in [6, 6.07) is 9.03. The Balaban J connectivity index is 2.01. The number of amides is 1. The van der Waals surface area contributed by atoms with E-state index in [0.717, 1.165) is 9.35 Å². The minimum atomic E-state index is -0.146. The normalized spacial score (nSPS) is 10.2. The van der Waals surface area contributed by atoms with Crippen molar-refractivity contribution in [2.75, 3.05) is 5.73 Å². The van der Waals surface area contributed by atoms with Crippen LogP contribution in [-0.4, -0.2) is 5.91 Å². The van der Waals surface area contributed by atoms with Crippen LogP contribution in [0.4, 0.5) is 5.69 Å². The van der Waals surface area contributed by atoms with Gasteiger partial charge in [-0.15, -0.1) is 11.3 Å². The highest BCUT2D eigenvalue weighted by Gasteiger charge is 2.08. The molecule has 1 aromatic heterocycles. The number of hydrogen-bond donors (Lipinski definition) is 2. The van der Waals surface area contributed by atoms with Crippen LogP contribution in [0.2, 0.25) is 0 Å². The van der Waals surface area contributed by atoms with Gasteiger partial charge in [-0.05, 0) is 34.1 Å². The number of rotatable bonds is 3. The van der Waals surface area contributed by atoms with Crippen LogP contribution in [0.25, 0.3) is 0 Å². The first-order chi connectivity index (χ1) is 8.16. The molecule has 5 heteroatoms. The maximum atomic E-state index is 11.8. The number of carbonyl (C=O) groups excluding carboxylic acids is 1. The molecule has 3 N–H and O–H groups in total. The average Bonchev–Trinajstić information content (AvgIpc) is 2.73. The molecular weight excluding hydrogens is 300 g/mol. The average molecular weight is 311 g/mol. The number of benzene rings is 1. The van der Waals surface area contributed by atoms with Gasteiger partial charge < -0.3 is 11.1 Å². The molecule has 3 nitrogen and oxygen atoms in total. The molecule has 0 spiro atoms. The van der Waals surface area contributed by atoms with E-state index in [1.165, 1.54) is 0 Å². The Morgan fingerprint density at radius 2 is 2.18 bits per heavy atom. The SMILES string of the molecule is Nc1ccccc1C(=O)NCc1cc(Br)cs1. The summed E-state index contributed by atoms with van der Waals surface area (Å²) in [6.07, 6.45) is 0. The van der Waals surface area contributed by atoms with Crippen molar-refractivity contribution in [3.8, 4) is 0 Å². The fraction of sp³-hybridized carbons (Fsp3) is 0.0833. The Morgan fingerprint density at radius 3 is 2.82 bits per heavy atom. The topological polar surface area (TPSA) is 55.1 Å². The molecule has 88 valence electrons. The monoisotopic (exact) mass is 310 g/mol. The van der Waals surface area contributed by atoms with Gasteiger partial charge in [0.1, 0.15) is 0 Å². The highest BCUT2D eigenvalue weighted by atomic mass is 79.9. The minimum absolute atomic E-state index is 0.146. The fourth-order valence-corrected chi connectivity index (χ4v) is 2.80. The standard InChI is InChI=1S/C12H11BrN2OS/c13-8-5-9(17-7-8)6-15-12(16)10-3-1-2-4-11(10)14/h1-5,7H,6,14H2,(H,15,16). The van der Waals surface area contributed by atoms with Crippen molar-refractivity contribution in [2.45, 2.75) is 6.54 Å². The van der Waals surface area contributed by atoms with Crippen LogP contribution < -0.4 is 11.1 Å². The number of thiophene rings is 1. The van der Waals surface area contributed by atoms with Gasteiger partial charge in [0.15, 0.2) is 0 Å². The maximum Gasteiger partial charge on any atom is 0.253 e. The van der Waals surface area contributed by atoms with Gasteiger partial charge in [-0.3, -0.25) is 4.79 Å². The van der Waals surface area contributed by atoms with E-state index in [9.17, 15) is 4.79 Å². The number of halogens is 1. The molecule has 0 aliphatic heterocycles. The molecule has 0 bridgehead atoms. The van der Waals surface area contributed by atoms with Crippen LogP contribution in [0.15, 0.2) is 40.2 Å². The lowest BCUT2D eigenvalue weighted by molar-refractivity contribution is 0.0952. The van der Waals surface area contributed by atoms with E-state index in [1.54, 1.807) is 29.5 Å². The van der Waals surface area contributed by atoms with Crippen molar-refractivity contribution < 1.29 is 4.79 Å². The van der Waals surface area contributed by atoms with Crippen LogP contribution in [0.5, 0.6) is 0 Å². The zero-order valence-electron chi connectivity index (χ0n) is 8.94. The van der Waals surface area contributed by atoms with E-state index in [4.69, 9.17) is 5.73 Å². The molecule has 1 amide bonds. The number of nitrogens with two attached hydrogens (primary N) is 1. The van der Waals surface area contributed by atoms with Gasteiger partial charge in [0.2, 0.25) is 0 Å². The van der Waals surface area contributed by atoms with Crippen LogP contribution in [0.3, 0.4) is 0 Å². The first-order valence-electron chi connectivity index (χ1n) is 5.02. The second kappa shape index (κ2) is 5.33. The van der Waals surface area contributed by atoms with Crippen molar-refractivity contribution in [3.63, 3.8) is 0 Å². The summed E-state index contributed by atoms with van der Waals surface area (Å²) in [4.78, 5) is 12.9. The van der Waals surface area contributed by atoms with Gasteiger partial charge in [-0.2, -0.15) is 0 Å². The quantitative estimate of drug-likeness (QED) is 0.856. The smallest absolute Gasteiger partial charge is 0.253 e. The Labute approximate surface area is 112 Å². The van der Waals surface area contributed by atoms with E-state index in [2.05, 4.69) is 21.2 Å². The lowest BCUT2D eigenvalue weighted by Gasteiger charge is -2.05. The van der Waals surface area contributed by atoms with Gasteiger partial charge in [0, 0.05) is 20.4 Å². The molecule has 2 rings (SSSR count). The second-order valence-corrected chi connectivity index (χ2v) is 5.41. The number of anilines is 1. The summed E-state index contributed by atoms with van der Waals surface area (Å²) in [5.41, 5.74) is 6.74. The maximum absolute atomic E-state index is 11.8. The van der Waals surface area contributed by atoms with E-state index >= 15 is 0 Å². The molecule has 0 aliphatic rings. The third-order valence-corrected chi connectivity index (χ3v) is 3.95. The number of nitrogen functional groups attached to an aromatic ring is 1. The summed E-state index contributed by atoms with van der Waals surface area (Å²) in [5, 5.41) is 4.82. The first-order valence-corrected chi connectivity index (χ1v) is 6.69. The predicted octanol–water partition coefficient (Wildman–Crippen LogP) is 3.02. The highest BCUT2D eigenvalue weighted by molar-refractivity contribution is 9.10. The van der Waals surface area contributed by atoms with Crippen LogP contribution >= 0.6 is 27.3 Å². The fourth-order valence-electron chi connectivity index (χ4n) is 1.41. The van der Waals surface area contributed by atoms with Gasteiger partial charge >= 0.3 is 0 Å². The molecule has 0 radical (unpaired) electrons. The number of para-hydroxylation sites is 1. The van der Waals surface area contributed by atoms with Gasteiger partial charge in [-0.25, -0.2) is 0 Å². The Bertz CT molecular complexity index is 539. The van der Waals surface area contributed by atoms with Crippen molar-refractivity contribution in [3.05, 3.63) is 50.6 Å². The van der Waals surface area contributed by atoms with Crippen molar-refractivity contribution in [1.82, 2.24) is 5.32 Å². The molecule has 2 aromatic rings. The molecule has 0 saturated carbocycles. The Hall–Kier alpha value is -1.33. The predicted molar refractivity (Wildman–Crippen MR) is 74.0 cm³/mol. The van der Waals surface area contributed by atoms with Crippen molar-refractivity contribution >= 4 is 38.9 Å². The summed E-state index contributed by atoms with van der Waals surface area (Å²) < 4.78 is 1.03. The zero-order chi connectivity index (χ0) is 12.3. The van der Waals surface area contributed by atoms with E-state index in [-0.39, 0.29) is 5.91 Å². The van der Waals surface area contributed by atoms with Crippen LogP contribution in [-0.2, 0) is 6.54 Å². The van der Waals surface area contributed by atoms with Crippen molar-refractivity contribution in [2.24, 2.45) is 0 Å². The van der Waals surface area contributed by atoms with E-state index in [0.29, 0.717) is 17.8 Å². The highest BCUT2D eigenvalue weighted by Crippen LogP contribution is 2.19. The first kappa shape index (κ1) is 12.1. The Morgan fingerprint density at radius 1 is 1.41 bits per heavy atom. The largest absolute Gasteiger partial charge is 0.398 e. The third-order valence-electron chi connectivity index (χ3n) is 2.25. The van der Waals surface area contributed by atoms with Crippen molar-refractivity contribution in [1.29, 1.82) is 0 Å². The molecule has 1 heterocycles. The summed E-state index contributed by atoms with van der Waals surface area (Å²) in [7, 11) is 0. The zero-order valence-corrected chi connectivity index (χ0v) is 11.3. The number of hydrogen-bond acceptors (Lipinski definition) is 3. The third kappa shape index (κ3) is 3.08. The van der Waals surface area contributed by atoms with E-state index < -0.39 is 0 Å². The lowest BCUT2D eigenvalue weighted by Crippen LogP contribution is -2.23. The molecule has 0 fully saturated rings. The summed E-state index contributed by atoms with van der Waals surface area (Å²) >= 11 is 4.97. The summed E-state index contributed by atoms with van der Waals surface area (Å²) in [6.45, 7) is 0.517. The van der Waals surface area contributed by atoms with Gasteiger partial charge in [0.25, 0.3) is 5.91 Å². The molecule has 17 heavy (non-hydrogen) atoms. The van der Waals surface area contributed by atoms with Crippen LogP contribution in [0.1, 0.15) is 15.2 Å². The molecule has 1 aromatic carbocycles. The molecular formula is C12H11BrN2OS. The lowest BCUT2D eigenvalue weighted by atomic mass is 10.1. The van der Waals surface area contributed by atoms with Gasteiger partial charge in [-0.1, -0.05) is 12.1 Å². The molecule has 0 atom stereocenters. The molecule has 0 unspecified atom stereocenters. The molecule has 0 saturated heterocycles. The molecule has 0 aliphatic carbocycles. The van der Waals surface area contributed by atoms with Crippen LogP contribution in [0, 0.1) is 0 Å². The van der Waals surface area contributed by atoms with Gasteiger partial charge in [0.05, 0.1) is 12.1 Å². The minimum Gasteiger partial charge on any atom is -0.398 e.